The first kappa shape index (κ1) is 18.6. The quantitative estimate of drug-likeness (QED) is 0.388. The van der Waals surface area contributed by atoms with Crippen molar-refractivity contribution in [3.63, 3.8) is 0 Å². The van der Waals surface area contributed by atoms with Gasteiger partial charge in [0.15, 0.2) is 5.82 Å². The number of hydrogen-bond acceptors (Lipinski definition) is 6. The minimum atomic E-state index is -0.558. The molecule has 0 atom stereocenters. The van der Waals surface area contributed by atoms with Crippen molar-refractivity contribution in [2.24, 2.45) is 7.05 Å². The first-order valence-corrected chi connectivity index (χ1v) is 9.45. The fourth-order valence-corrected chi connectivity index (χ4v) is 3.95. The molecule has 9 heteroatoms. The molecule has 0 aliphatic carbocycles. The van der Waals surface area contributed by atoms with Gasteiger partial charge in [0, 0.05) is 7.05 Å². The zero-order valence-electron chi connectivity index (χ0n) is 15.6. The molecule has 4 aromatic rings. The molecule has 0 bridgehead atoms. The van der Waals surface area contributed by atoms with E-state index in [1.54, 1.807) is 12.1 Å². The lowest BCUT2D eigenvalue weighted by molar-refractivity contribution is -0.384. The number of thiophene rings is 1. The van der Waals surface area contributed by atoms with E-state index >= 15 is 0 Å². The summed E-state index contributed by atoms with van der Waals surface area (Å²) in [6, 6.07) is 15.6. The lowest BCUT2D eigenvalue weighted by Crippen LogP contribution is -2.11. The number of nitrogens with one attached hydrogen (secondary N) is 1. The number of methoxy groups -OCH3 is 1. The van der Waals surface area contributed by atoms with Crippen molar-refractivity contribution in [1.82, 2.24) is 9.55 Å². The monoisotopic (exact) mass is 408 g/mol. The Kier molecular flexibility index (Phi) is 4.73. The van der Waals surface area contributed by atoms with E-state index in [1.165, 1.54) is 30.6 Å². The normalized spacial score (nSPS) is 10.8. The maximum Gasteiger partial charge on any atom is 0.296 e. The van der Waals surface area contributed by atoms with E-state index in [4.69, 9.17) is 4.74 Å². The first-order chi connectivity index (χ1) is 14.0. The minimum absolute atomic E-state index is 0.110. The summed E-state index contributed by atoms with van der Waals surface area (Å²) >= 11 is 1.27. The Bertz CT molecular complexity index is 1240. The third kappa shape index (κ3) is 3.43. The van der Waals surface area contributed by atoms with Crippen LogP contribution in [0.25, 0.3) is 21.7 Å². The summed E-state index contributed by atoms with van der Waals surface area (Å²) in [5.41, 5.74) is 1.75. The molecule has 0 aliphatic rings. The van der Waals surface area contributed by atoms with E-state index in [2.05, 4.69) is 10.3 Å². The van der Waals surface area contributed by atoms with Gasteiger partial charge in [-0.2, -0.15) is 0 Å². The second-order valence-electron chi connectivity index (χ2n) is 6.24. The Morgan fingerprint density at radius 3 is 2.72 bits per heavy atom. The lowest BCUT2D eigenvalue weighted by Gasteiger charge is -2.06. The number of anilines is 1. The van der Waals surface area contributed by atoms with Crippen molar-refractivity contribution in [3.8, 4) is 16.5 Å². The van der Waals surface area contributed by atoms with Gasteiger partial charge in [0.25, 0.3) is 11.6 Å². The fraction of sp³-hybridized carbons (Fsp3) is 0.100. The van der Waals surface area contributed by atoms with Gasteiger partial charge in [-0.25, -0.2) is 4.98 Å². The van der Waals surface area contributed by atoms with Gasteiger partial charge < -0.3 is 14.6 Å². The Hall–Kier alpha value is -3.72. The Labute approximate surface area is 169 Å². The highest BCUT2D eigenvalue weighted by Crippen LogP contribution is 2.32. The number of benzene rings is 2. The second-order valence-corrected chi connectivity index (χ2v) is 7.33. The van der Waals surface area contributed by atoms with Crippen LogP contribution in [0.3, 0.4) is 0 Å². The molecule has 0 radical (unpaired) electrons. The zero-order chi connectivity index (χ0) is 20.5. The predicted molar refractivity (Wildman–Crippen MR) is 112 cm³/mol. The first-order valence-electron chi connectivity index (χ1n) is 8.63. The van der Waals surface area contributed by atoms with Gasteiger partial charge in [0.1, 0.15) is 11.4 Å². The smallest absolute Gasteiger partial charge is 0.296 e. The van der Waals surface area contributed by atoms with E-state index in [0.29, 0.717) is 10.6 Å². The number of ether oxygens (including phenoxy) is 1. The van der Waals surface area contributed by atoms with Gasteiger partial charge in [-0.3, -0.25) is 14.9 Å². The van der Waals surface area contributed by atoms with Crippen molar-refractivity contribution in [2.45, 2.75) is 0 Å². The van der Waals surface area contributed by atoms with Gasteiger partial charge >= 0.3 is 0 Å². The van der Waals surface area contributed by atoms with Crippen LogP contribution < -0.4 is 10.1 Å². The molecule has 0 saturated heterocycles. The van der Waals surface area contributed by atoms with Crippen molar-refractivity contribution in [3.05, 3.63) is 69.6 Å². The van der Waals surface area contributed by atoms with Gasteiger partial charge in [0.2, 0.25) is 0 Å². The molecule has 1 N–H and O–H groups in total. The summed E-state index contributed by atoms with van der Waals surface area (Å²) in [6.45, 7) is 0. The summed E-state index contributed by atoms with van der Waals surface area (Å²) in [5, 5.41) is 13.9. The number of fused-ring (bicyclic) bond motifs is 1. The van der Waals surface area contributed by atoms with Crippen molar-refractivity contribution >= 4 is 39.7 Å². The van der Waals surface area contributed by atoms with Crippen LogP contribution in [0.1, 0.15) is 9.67 Å². The van der Waals surface area contributed by atoms with Crippen LogP contribution in [-0.2, 0) is 7.05 Å². The molecular formula is C20H16N4O4S. The standard InChI is InChI=1S/C20H16N4O4S/c1-23-15-6-4-3-5-13(15)21-19(23)17-9-10-18(29-17)20(25)22-14-8-7-12(28-2)11-16(14)24(26)27/h3-11H,1-2H3,(H,22,25). The van der Waals surface area contributed by atoms with Crippen molar-refractivity contribution < 1.29 is 14.5 Å². The molecule has 4 rings (SSSR count). The number of aryl methyl sites for hydroxylation is 1. The SMILES string of the molecule is COc1ccc(NC(=O)c2ccc(-c3nc4ccccc4n3C)s2)c([N+](=O)[O-])c1. The Morgan fingerprint density at radius 2 is 2.00 bits per heavy atom. The van der Waals surface area contributed by atoms with E-state index in [9.17, 15) is 14.9 Å². The third-order valence-corrected chi connectivity index (χ3v) is 5.57. The van der Waals surface area contributed by atoms with E-state index in [-0.39, 0.29) is 11.4 Å². The molecule has 0 saturated carbocycles. The van der Waals surface area contributed by atoms with Crippen molar-refractivity contribution in [1.29, 1.82) is 0 Å². The second kappa shape index (κ2) is 7.36. The third-order valence-electron chi connectivity index (χ3n) is 4.49. The maximum atomic E-state index is 12.7. The highest BCUT2D eigenvalue weighted by atomic mass is 32.1. The predicted octanol–water partition coefficient (Wildman–Crippen LogP) is 4.47. The summed E-state index contributed by atoms with van der Waals surface area (Å²) in [5.74, 6) is 0.675. The highest BCUT2D eigenvalue weighted by Gasteiger charge is 2.20. The minimum Gasteiger partial charge on any atom is -0.496 e. The number of nitrogens with zero attached hydrogens (tertiary/aromatic N) is 3. The van der Waals surface area contributed by atoms with Gasteiger partial charge in [-0.05, 0) is 36.4 Å². The topological polar surface area (TPSA) is 99.3 Å². The molecule has 0 spiro atoms. The van der Waals surface area contributed by atoms with Crippen LogP contribution in [0.15, 0.2) is 54.6 Å². The van der Waals surface area contributed by atoms with Crippen LogP contribution in [0.5, 0.6) is 5.75 Å². The number of hydrogen-bond donors (Lipinski definition) is 1. The number of carbonyl (C=O) groups excluding carboxylic acids is 1. The van der Waals surface area contributed by atoms with Crippen LogP contribution in [-0.4, -0.2) is 27.5 Å². The highest BCUT2D eigenvalue weighted by molar-refractivity contribution is 7.17. The number of nitro groups is 1. The van der Waals surface area contributed by atoms with Gasteiger partial charge in [-0.1, -0.05) is 12.1 Å². The average molecular weight is 408 g/mol. The molecule has 2 heterocycles. The Morgan fingerprint density at radius 1 is 1.21 bits per heavy atom. The van der Waals surface area contributed by atoms with Crippen molar-refractivity contribution in [2.75, 3.05) is 12.4 Å². The van der Waals surface area contributed by atoms with Crippen LogP contribution >= 0.6 is 11.3 Å². The summed E-state index contributed by atoms with van der Waals surface area (Å²) in [6.07, 6.45) is 0. The molecule has 29 heavy (non-hydrogen) atoms. The number of para-hydroxylation sites is 2. The number of aromatic nitrogens is 2. The number of imidazole rings is 1. The maximum absolute atomic E-state index is 12.7. The van der Waals surface area contributed by atoms with Gasteiger partial charge in [-0.15, -0.1) is 11.3 Å². The molecule has 2 aromatic heterocycles. The molecule has 1 amide bonds. The number of nitro benzene ring substituents is 1. The summed E-state index contributed by atoms with van der Waals surface area (Å²) < 4.78 is 6.98. The molecule has 146 valence electrons. The average Bonchev–Trinajstić information content (AvgIpc) is 3.33. The number of rotatable bonds is 5. The van der Waals surface area contributed by atoms with E-state index in [0.717, 1.165) is 21.7 Å². The molecule has 0 fully saturated rings. The van der Waals surface area contributed by atoms with Gasteiger partial charge in [0.05, 0.1) is 38.9 Å². The largest absolute Gasteiger partial charge is 0.496 e. The van der Waals surface area contributed by atoms with Crippen LogP contribution in [0.2, 0.25) is 0 Å². The molecular weight excluding hydrogens is 392 g/mol. The molecule has 0 unspecified atom stereocenters. The zero-order valence-corrected chi connectivity index (χ0v) is 16.4. The number of amides is 1. The fourth-order valence-electron chi connectivity index (χ4n) is 3.03. The van der Waals surface area contributed by atoms with Crippen LogP contribution in [0, 0.1) is 10.1 Å². The van der Waals surface area contributed by atoms with E-state index in [1.807, 2.05) is 41.9 Å². The van der Waals surface area contributed by atoms with E-state index < -0.39 is 10.8 Å². The molecule has 8 nitrogen and oxygen atoms in total. The molecule has 2 aromatic carbocycles. The van der Waals surface area contributed by atoms with Crippen LogP contribution in [0.4, 0.5) is 11.4 Å². The Balaban J connectivity index is 1.62. The lowest BCUT2D eigenvalue weighted by atomic mass is 10.2. The molecule has 0 aliphatic heterocycles. The number of carbonyl (C=O) groups is 1. The summed E-state index contributed by atoms with van der Waals surface area (Å²) in [4.78, 5) is 29.3. The summed E-state index contributed by atoms with van der Waals surface area (Å²) in [7, 11) is 3.34.